The Kier molecular flexibility index (Phi) is 5.55. The highest BCUT2D eigenvalue weighted by atomic mass is 35.5. The van der Waals surface area contributed by atoms with Gasteiger partial charge in [-0.05, 0) is 36.8 Å². The van der Waals surface area contributed by atoms with Crippen LogP contribution >= 0.6 is 11.6 Å². The molecule has 2 N–H and O–H groups in total. The number of nitrogens with zero attached hydrogens (tertiary/aromatic N) is 3. The zero-order valence-corrected chi connectivity index (χ0v) is 15.6. The first-order valence-electron chi connectivity index (χ1n) is 8.06. The molecule has 0 spiro atoms. The number of rotatable bonds is 4. The van der Waals surface area contributed by atoms with Gasteiger partial charge in [0.25, 0.3) is 5.91 Å². The standard InChI is InChI=1S/C18H15ClFN5O3/c1-10-3-4-11(19)7-14(10)22-17(26)15-9-25(24-23-15)12-5-6-13(20)16(8-12)28-18(27)21-2/h3-9H,1-2H3,(H,21,27)(H,22,26). The number of halogens is 2. The molecule has 1 heterocycles. The van der Waals surface area contributed by atoms with Crippen LogP contribution in [-0.2, 0) is 0 Å². The lowest BCUT2D eigenvalue weighted by Gasteiger charge is -2.07. The monoisotopic (exact) mass is 403 g/mol. The molecule has 2 amide bonds. The number of benzene rings is 2. The van der Waals surface area contributed by atoms with Gasteiger partial charge in [0.1, 0.15) is 0 Å². The van der Waals surface area contributed by atoms with E-state index in [0.717, 1.165) is 11.6 Å². The van der Waals surface area contributed by atoms with E-state index < -0.39 is 17.8 Å². The Bertz CT molecular complexity index is 1050. The fraction of sp³-hybridized carbons (Fsp3) is 0.111. The largest absolute Gasteiger partial charge is 0.412 e. The summed E-state index contributed by atoms with van der Waals surface area (Å²) in [5.74, 6) is -1.49. The van der Waals surface area contributed by atoms with Gasteiger partial charge in [-0.15, -0.1) is 5.10 Å². The predicted octanol–water partition coefficient (Wildman–Crippen LogP) is 3.34. The minimum absolute atomic E-state index is 0.0393. The maximum atomic E-state index is 13.8. The van der Waals surface area contributed by atoms with Gasteiger partial charge in [0, 0.05) is 23.8 Å². The molecular formula is C18H15ClFN5O3. The molecule has 3 aromatic rings. The van der Waals surface area contributed by atoms with Gasteiger partial charge in [-0.1, -0.05) is 22.9 Å². The van der Waals surface area contributed by atoms with Crippen LogP contribution in [0.3, 0.4) is 0 Å². The lowest BCUT2D eigenvalue weighted by molar-refractivity contribution is 0.102. The van der Waals surface area contributed by atoms with Crippen LogP contribution < -0.4 is 15.4 Å². The van der Waals surface area contributed by atoms with E-state index in [-0.39, 0.29) is 11.4 Å². The average Bonchev–Trinajstić information content (AvgIpc) is 3.16. The first-order valence-corrected chi connectivity index (χ1v) is 8.44. The van der Waals surface area contributed by atoms with Crippen molar-refractivity contribution in [3.05, 3.63) is 64.7 Å². The first-order chi connectivity index (χ1) is 13.4. The Morgan fingerprint density at radius 3 is 2.75 bits per heavy atom. The molecule has 0 radical (unpaired) electrons. The zero-order valence-electron chi connectivity index (χ0n) is 14.9. The number of nitrogens with one attached hydrogen (secondary N) is 2. The third-order valence-corrected chi connectivity index (χ3v) is 4.00. The van der Waals surface area contributed by atoms with Gasteiger partial charge in [0.2, 0.25) is 0 Å². The molecule has 0 aliphatic carbocycles. The Morgan fingerprint density at radius 1 is 1.21 bits per heavy atom. The summed E-state index contributed by atoms with van der Waals surface area (Å²) in [6.45, 7) is 1.83. The normalized spacial score (nSPS) is 10.4. The molecule has 0 bridgehead atoms. The molecule has 0 aliphatic heterocycles. The number of carbonyl (C=O) groups excluding carboxylic acids is 2. The van der Waals surface area contributed by atoms with Crippen LogP contribution in [-0.4, -0.2) is 34.0 Å². The summed E-state index contributed by atoms with van der Waals surface area (Å²) in [5.41, 5.74) is 1.78. The van der Waals surface area contributed by atoms with Crippen molar-refractivity contribution >= 4 is 29.3 Å². The molecule has 0 unspecified atom stereocenters. The lowest BCUT2D eigenvalue weighted by atomic mass is 10.2. The second-order valence-electron chi connectivity index (χ2n) is 5.72. The van der Waals surface area contributed by atoms with Crippen molar-refractivity contribution in [3.63, 3.8) is 0 Å². The second kappa shape index (κ2) is 8.05. The summed E-state index contributed by atoms with van der Waals surface area (Å²) in [7, 11) is 1.36. The van der Waals surface area contributed by atoms with Crippen molar-refractivity contribution in [2.45, 2.75) is 6.92 Å². The van der Waals surface area contributed by atoms with Crippen LogP contribution in [0.2, 0.25) is 5.02 Å². The van der Waals surface area contributed by atoms with Crippen LogP contribution in [0.15, 0.2) is 42.6 Å². The molecule has 8 nitrogen and oxygen atoms in total. The van der Waals surface area contributed by atoms with Crippen LogP contribution in [0.4, 0.5) is 14.9 Å². The SMILES string of the molecule is CNC(=O)Oc1cc(-n2cc(C(=O)Nc3cc(Cl)ccc3C)nn2)ccc1F. The highest BCUT2D eigenvalue weighted by Gasteiger charge is 2.15. The summed E-state index contributed by atoms with van der Waals surface area (Å²) >= 11 is 5.95. The summed E-state index contributed by atoms with van der Waals surface area (Å²) in [6.07, 6.45) is 0.554. The van der Waals surface area contributed by atoms with E-state index >= 15 is 0 Å². The average molecular weight is 404 g/mol. The molecule has 28 heavy (non-hydrogen) atoms. The van der Waals surface area contributed by atoms with Gasteiger partial charge in [-0.3, -0.25) is 4.79 Å². The first kappa shape index (κ1) is 19.3. The van der Waals surface area contributed by atoms with Gasteiger partial charge in [0.05, 0.1) is 11.9 Å². The van der Waals surface area contributed by atoms with Gasteiger partial charge in [-0.25, -0.2) is 13.9 Å². The number of carbonyl (C=O) groups is 2. The fourth-order valence-corrected chi connectivity index (χ4v) is 2.45. The van der Waals surface area contributed by atoms with Crippen molar-refractivity contribution in [2.75, 3.05) is 12.4 Å². The Balaban J connectivity index is 1.82. The van der Waals surface area contributed by atoms with Crippen molar-refractivity contribution in [2.24, 2.45) is 0 Å². The smallest absolute Gasteiger partial charge is 0.407 e. The molecule has 0 atom stereocenters. The number of anilines is 1. The Hall–Kier alpha value is -3.46. The van der Waals surface area contributed by atoms with Crippen LogP contribution in [0.25, 0.3) is 5.69 Å². The summed E-state index contributed by atoms with van der Waals surface area (Å²) in [4.78, 5) is 23.7. The summed E-state index contributed by atoms with van der Waals surface area (Å²) in [6, 6.07) is 8.91. The zero-order chi connectivity index (χ0) is 20.3. The van der Waals surface area contributed by atoms with E-state index in [1.807, 2.05) is 6.92 Å². The quantitative estimate of drug-likeness (QED) is 0.696. The molecule has 0 saturated carbocycles. The van der Waals surface area contributed by atoms with E-state index in [9.17, 15) is 14.0 Å². The van der Waals surface area contributed by atoms with Crippen molar-refractivity contribution in [3.8, 4) is 11.4 Å². The summed E-state index contributed by atoms with van der Waals surface area (Å²) < 4.78 is 19.9. The lowest BCUT2D eigenvalue weighted by Crippen LogP contribution is -2.22. The summed E-state index contributed by atoms with van der Waals surface area (Å²) in [5, 5.41) is 13.1. The maximum absolute atomic E-state index is 13.8. The minimum Gasteiger partial charge on any atom is -0.407 e. The minimum atomic E-state index is -0.813. The second-order valence-corrected chi connectivity index (χ2v) is 6.15. The van der Waals surface area contributed by atoms with E-state index in [1.54, 1.807) is 18.2 Å². The van der Waals surface area contributed by atoms with Crippen LogP contribution in [0.1, 0.15) is 16.1 Å². The molecule has 144 valence electrons. The van der Waals surface area contributed by atoms with E-state index in [4.69, 9.17) is 16.3 Å². The van der Waals surface area contributed by atoms with Gasteiger partial charge < -0.3 is 15.4 Å². The van der Waals surface area contributed by atoms with Crippen molar-refractivity contribution in [1.82, 2.24) is 20.3 Å². The number of hydrogen-bond donors (Lipinski definition) is 2. The number of ether oxygens (including phenoxy) is 1. The molecule has 0 fully saturated rings. The van der Waals surface area contributed by atoms with Gasteiger partial charge in [-0.2, -0.15) is 0 Å². The number of amides is 2. The van der Waals surface area contributed by atoms with Crippen molar-refractivity contribution in [1.29, 1.82) is 0 Å². The maximum Gasteiger partial charge on any atom is 0.412 e. The number of hydrogen-bond acceptors (Lipinski definition) is 5. The van der Waals surface area contributed by atoms with Gasteiger partial charge in [0.15, 0.2) is 17.3 Å². The molecule has 1 aromatic heterocycles. The number of aromatic nitrogens is 3. The van der Waals surface area contributed by atoms with Gasteiger partial charge >= 0.3 is 6.09 Å². The van der Waals surface area contributed by atoms with Crippen LogP contribution in [0.5, 0.6) is 5.75 Å². The van der Waals surface area contributed by atoms with E-state index in [0.29, 0.717) is 16.4 Å². The third-order valence-electron chi connectivity index (χ3n) is 3.76. The Labute approximate surface area is 164 Å². The highest BCUT2D eigenvalue weighted by Crippen LogP contribution is 2.22. The molecule has 3 rings (SSSR count). The molecule has 10 heteroatoms. The third kappa shape index (κ3) is 4.26. The predicted molar refractivity (Wildman–Crippen MR) is 101 cm³/mol. The molecule has 0 aliphatic rings. The highest BCUT2D eigenvalue weighted by molar-refractivity contribution is 6.31. The topological polar surface area (TPSA) is 98.1 Å². The van der Waals surface area contributed by atoms with E-state index in [1.165, 1.54) is 30.1 Å². The van der Waals surface area contributed by atoms with Crippen molar-refractivity contribution < 1.29 is 18.7 Å². The van der Waals surface area contributed by atoms with Crippen LogP contribution in [0, 0.1) is 12.7 Å². The number of aryl methyl sites for hydroxylation is 1. The molecule has 2 aromatic carbocycles. The molecule has 0 saturated heterocycles. The van der Waals surface area contributed by atoms with E-state index in [2.05, 4.69) is 20.9 Å². The molecular weight excluding hydrogens is 389 g/mol. The fourth-order valence-electron chi connectivity index (χ4n) is 2.27. The Morgan fingerprint density at radius 2 is 2.00 bits per heavy atom.